The van der Waals surface area contributed by atoms with Gasteiger partial charge in [0, 0.05) is 5.69 Å². The van der Waals surface area contributed by atoms with Crippen molar-refractivity contribution in [3.05, 3.63) is 30.3 Å². The number of anilines is 1. The van der Waals surface area contributed by atoms with E-state index in [2.05, 4.69) is 5.32 Å². The summed E-state index contributed by atoms with van der Waals surface area (Å²) in [6.45, 7) is 1.41. The maximum Gasteiger partial charge on any atom is 0.324 e. The molecule has 1 aromatic rings. The first kappa shape index (κ1) is 12.2. The molecule has 0 aliphatic rings. The number of hydrogen-bond acceptors (Lipinski definition) is 3. The van der Waals surface area contributed by atoms with Gasteiger partial charge in [-0.3, -0.25) is 4.90 Å². The van der Waals surface area contributed by atoms with Crippen molar-refractivity contribution in [1.29, 1.82) is 0 Å². The van der Waals surface area contributed by atoms with Crippen LogP contribution in [-0.2, 0) is 4.79 Å². The van der Waals surface area contributed by atoms with Gasteiger partial charge in [-0.15, -0.1) is 0 Å². The van der Waals surface area contributed by atoms with Crippen molar-refractivity contribution in [2.75, 3.05) is 11.4 Å². The summed E-state index contributed by atoms with van der Waals surface area (Å²) in [5.74, 6) is 0. The van der Waals surface area contributed by atoms with E-state index in [0.717, 1.165) is 0 Å². The first-order valence-corrected chi connectivity index (χ1v) is 4.90. The van der Waals surface area contributed by atoms with E-state index in [1.807, 2.05) is 6.07 Å². The number of carbonyl (C=O) groups excluding carboxylic acids is 2. The molecule has 2 N–H and O–H groups in total. The topological polar surface area (TPSA) is 69.6 Å². The predicted octanol–water partition coefficient (Wildman–Crippen LogP) is 0.740. The fraction of sp³-hybridized carbons (Fsp3) is 0.273. The fourth-order valence-corrected chi connectivity index (χ4v) is 1.31. The molecule has 1 unspecified atom stereocenters. The zero-order valence-corrected chi connectivity index (χ0v) is 8.96. The maximum absolute atomic E-state index is 11.6. The van der Waals surface area contributed by atoms with Gasteiger partial charge in [-0.1, -0.05) is 18.2 Å². The average Bonchev–Trinajstić information content (AvgIpc) is 2.27. The van der Waals surface area contributed by atoms with Crippen LogP contribution in [0.5, 0.6) is 0 Å². The molecule has 0 fully saturated rings. The highest BCUT2D eigenvalue weighted by molar-refractivity contribution is 5.93. The summed E-state index contributed by atoms with van der Waals surface area (Å²) in [5.41, 5.74) is 0.570. The molecular formula is C11H14N2O3. The second-order valence-electron chi connectivity index (χ2n) is 3.19. The Morgan fingerprint density at radius 3 is 2.62 bits per heavy atom. The summed E-state index contributed by atoms with van der Waals surface area (Å²) < 4.78 is 0. The summed E-state index contributed by atoms with van der Waals surface area (Å²) >= 11 is 0. The number of aliphatic hydroxyl groups is 1. The van der Waals surface area contributed by atoms with Crippen molar-refractivity contribution in [3.8, 4) is 0 Å². The minimum Gasteiger partial charge on any atom is -0.373 e. The summed E-state index contributed by atoms with van der Waals surface area (Å²) in [4.78, 5) is 23.0. The van der Waals surface area contributed by atoms with Crippen LogP contribution in [0.2, 0.25) is 0 Å². The van der Waals surface area contributed by atoms with E-state index in [4.69, 9.17) is 0 Å². The zero-order valence-electron chi connectivity index (χ0n) is 8.96. The lowest BCUT2D eigenvalue weighted by molar-refractivity contribution is -0.107. The number of amides is 2. The molecule has 0 aromatic heterocycles. The van der Waals surface area contributed by atoms with Crippen LogP contribution >= 0.6 is 0 Å². The molecule has 5 heteroatoms. The van der Waals surface area contributed by atoms with E-state index in [9.17, 15) is 14.7 Å². The first-order chi connectivity index (χ1) is 7.66. The number of hydrogen-bond donors (Lipinski definition) is 2. The van der Waals surface area contributed by atoms with Gasteiger partial charge in [-0.2, -0.15) is 0 Å². The third-order valence-electron chi connectivity index (χ3n) is 1.96. The molecule has 1 atom stereocenters. The molecule has 86 valence electrons. The van der Waals surface area contributed by atoms with E-state index in [0.29, 0.717) is 12.0 Å². The van der Waals surface area contributed by atoms with Crippen LogP contribution in [0.3, 0.4) is 0 Å². The lowest BCUT2D eigenvalue weighted by Crippen LogP contribution is -2.45. The van der Waals surface area contributed by atoms with Crippen molar-refractivity contribution in [3.63, 3.8) is 0 Å². The van der Waals surface area contributed by atoms with Gasteiger partial charge in [-0.05, 0) is 19.1 Å². The molecule has 16 heavy (non-hydrogen) atoms. The molecule has 1 aromatic carbocycles. The monoisotopic (exact) mass is 222 g/mol. The number of rotatable bonds is 4. The second kappa shape index (κ2) is 5.87. The highest BCUT2D eigenvalue weighted by atomic mass is 16.3. The normalized spacial score (nSPS) is 11.6. The summed E-state index contributed by atoms with van der Waals surface area (Å²) in [7, 11) is 0. The fourth-order valence-electron chi connectivity index (χ4n) is 1.31. The smallest absolute Gasteiger partial charge is 0.324 e. The lowest BCUT2D eigenvalue weighted by Gasteiger charge is -2.25. The molecule has 0 saturated heterocycles. The predicted molar refractivity (Wildman–Crippen MR) is 60.1 cm³/mol. The van der Waals surface area contributed by atoms with Gasteiger partial charge < -0.3 is 15.2 Å². The zero-order chi connectivity index (χ0) is 12.0. The molecule has 0 bridgehead atoms. The van der Waals surface area contributed by atoms with Crippen molar-refractivity contribution >= 4 is 18.0 Å². The average molecular weight is 222 g/mol. The highest BCUT2D eigenvalue weighted by Gasteiger charge is 2.19. The number of benzene rings is 1. The van der Waals surface area contributed by atoms with Gasteiger partial charge in [0.1, 0.15) is 12.5 Å². The van der Waals surface area contributed by atoms with E-state index in [1.165, 1.54) is 11.8 Å². The molecule has 0 radical (unpaired) electrons. The van der Waals surface area contributed by atoms with Crippen LogP contribution in [0.25, 0.3) is 0 Å². The van der Waals surface area contributed by atoms with Crippen LogP contribution in [-0.4, -0.2) is 30.2 Å². The van der Waals surface area contributed by atoms with Crippen molar-refractivity contribution in [2.45, 2.75) is 13.2 Å². The molecule has 2 amide bonds. The molecule has 5 nitrogen and oxygen atoms in total. The van der Waals surface area contributed by atoms with Gasteiger partial charge in [-0.25, -0.2) is 4.79 Å². The van der Waals surface area contributed by atoms with Crippen LogP contribution in [0.4, 0.5) is 10.5 Å². The Morgan fingerprint density at radius 1 is 1.50 bits per heavy atom. The Morgan fingerprint density at radius 2 is 2.12 bits per heavy atom. The quantitative estimate of drug-likeness (QED) is 0.583. The van der Waals surface area contributed by atoms with Crippen molar-refractivity contribution < 1.29 is 14.7 Å². The number of aldehydes is 1. The molecule has 0 heterocycles. The Bertz CT molecular complexity index is 352. The summed E-state index contributed by atoms with van der Waals surface area (Å²) in [5, 5.41) is 11.9. The van der Waals surface area contributed by atoms with Crippen LogP contribution < -0.4 is 10.2 Å². The van der Waals surface area contributed by atoms with E-state index < -0.39 is 12.3 Å². The third kappa shape index (κ3) is 3.06. The van der Waals surface area contributed by atoms with E-state index in [-0.39, 0.29) is 6.54 Å². The first-order valence-electron chi connectivity index (χ1n) is 4.90. The number of urea groups is 1. The minimum absolute atomic E-state index is 0.0745. The van der Waals surface area contributed by atoms with Gasteiger partial charge in [0.05, 0.1) is 6.54 Å². The third-order valence-corrected chi connectivity index (χ3v) is 1.96. The Kier molecular flexibility index (Phi) is 4.47. The van der Waals surface area contributed by atoms with Gasteiger partial charge in [0.15, 0.2) is 0 Å². The number of para-hydroxylation sites is 1. The molecule has 1 rings (SSSR count). The Hall–Kier alpha value is -1.88. The van der Waals surface area contributed by atoms with Gasteiger partial charge in [0.2, 0.25) is 0 Å². The van der Waals surface area contributed by atoms with Crippen LogP contribution in [0.15, 0.2) is 30.3 Å². The van der Waals surface area contributed by atoms with Gasteiger partial charge >= 0.3 is 6.03 Å². The Labute approximate surface area is 93.7 Å². The summed E-state index contributed by atoms with van der Waals surface area (Å²) in [6, 6.07) is 8.23. The SMILES string of the molecule is CC(O)N(C(=O)NCC=O)c1ccccc1. The van der Waals surface area contributed by atoms with E-state index >= 15 is 0 Å². The second-order valence-corrected chi connectivity index (χ2v) is 3.19. The largest absolute Gasteiger partial charge is 0.373 e. The molecule has 0 aliphatic carbocycles. The molecule has 0 spiro atoms. The molecular weight excluding hydrogens is 208 g/mol. The number of carbonyl (C=O) groups is 2. The maximum atomic E-state index is 11.6. The van der Waals surface area contributed by atoms with Crippen molar-refractivity contribution in [1.82, 2.24) is 5.32 Å². The highest BCUT2D eigenvalue weighted by Crippen LogP contribution is 2.15. The molecule has 0 saturated carbocycles. The number of aliphatic hydroxyl groups excluding tert-OH is 1. The minimum atomic E-state index is -0.964. The van der Waals surface area contributed by atoms with Gasteiger partial charge in [0.25, 0.3) is 0 Å². The number of nitrogens with one attached hydrogen (secondary N) is 1. The van der Waals surface area contributed by atoms with Crippen LogP contribution in [0.1, 0.15) is 6.92 Å². The summed E-state index contributed by atoms with van der Waals surface area (Å²) in [6.07, 6.45) is -0.377. The van der Waals surface area contributed by atoms with Crippen LogP contribution in [0, 0.1) is 0 Å². The van der Waals surface area contributed by atoms with E-state index in [1.54, 1.807) is 24.3 Å². The lowest BCUT2D eigenvalue weighted by atomic mass is 10.3. The molecule has 0 aliphatic heterocycles. The standard InChI is InChI=1S/C11H14N2O3/c1-9(15)13(11(16)12-7-8-14)10-5-3-2-4-6-10/h2-6,8-9,15H,7H2,1H3,(H,12,16). The number of nitrogens with zero attached hydrogens (tertiary/aromatic N) is 1. The van der Waals surface area contributed by atoms with Crippen molar-refractivity contribution in [2.24, 2.45) is 0 Å². The Balaban J connectivity index is 2.83.